The second kappa shape index (κ2) is 8.21. The first-order valence-corrected chi connectivity index (χ1v) is 8.91. The first kappa shape index (κ1) is 19.5. The average molecular weight is 382 g/mol. The van der Waals surface area contributed by atoms with E-state index < -0.39 is 23.6 Å². The normalized spacial score (nSPS) is 27.7. The largest absolute Gasteiger partial charge is 0.481 e. The molecule has 8 heteroatoms. The van der Waals surface area contributed by atoms with Crippen LogP contribution in [0.1, 0.15) is 42.9 Å². The van der Waals surface area contributed by atoms with Gasteiger partial charge in [-0.2, -0.15) is 13.2 Å². The summed E-state index contributed by atoms with van der Waals surface area (Å²) in [6.45, 7) is 0.662. The van der Waals surface area contributed by atoms with Crippen LogP contribution in [0.2, 0.25) is 0 Å². The fourth-order valence-electron chi connectivity index (χ4n) is 3.31. The molecule has 0 saturated carbocycles. The van der Waals surface area contributed by atoms with Gasteiger partial charge in [0, 0.05) is 12.6 Å². The number of aliphatic imine (C=N–C) groups is 2. The molecule has 2 aliphatic rings. The molecule has 3 unspecified atom stereocenters. The minimum Gasteiger partial charge on any atom is -0.481 e. The van der Waals surface area contributed by atoms with Crippen LogP contribution in [0.5, 0.6) is 0 Å². The van der Waals surface area contributed by atoms with E-state index in [-0.39, 0.29) is 18.8 Å². The molecule has 1 saturated heterocycles. The zero-order valence-electron chi connectivity index (χ0n) is 14.7. The highest BCUT2D eigenvalue weighted by Crippen LogP contribution is 2.34. The number of carboxylic acids is 1. The Kier molecular flexibility index (Phi) is 5.94. The number of hydrogen-bond donors (Lipinski definition) is 1. The molecule has 27 heavy (non-hydrogen) atoms. The van der Waals surface area contributed by atoms with Crippen molar-refractivity contribution in [2.45, 2.75) is 44.1 Å². The maximum atomic E-state index is 12.7. The summed E-state index contributed by atoms with van der Waals surface area (Å²) in [6.07, 6.45) is -0.319. The minimum absolute atomic E-state index is 0.142. The molecule has 1 aromatic carbocycles. The van der Waals surface area contributed by atoms with Crippen molar-refractivity contribution in [3.8, 4) is 0 Å². The maximum Gasteiger partial charge on any atom is 0.416 e. The van der Waals surface area contributed by atoms with Gasteiger partial charge in [0.25, 0.3) is 0 Å². The zero-order chi connectivity index (χ0) is 19.4. The lowest BCUT2D eigenvalue weighted by atomic mass is 9.97. The van der Waals surface area contributed by atoms with Crippen molar-refractivity contribution in [3.63, 3.8) is 0 Å². The van der Waals surface area contributed by atoms with Gasteiger partial charge in [0.2, 0.25) is 0 Å². The van der Waals surface area contributed by atoms with Gasteiger partial charge < -0.3 is 9.84 Å². The molecule has 3 atom stereocenters. The number of nitrogens with zero attached hydrogens (tertiary/aromatic N) is 2. The Morgan fingerprint density at radius 2 is 2.00 bits per heavy atom. The van der Waals surface area contributed by atoms with Crippen molar-refractivity contribution >= 4 is 17.9 Å². The molecule has 1 aromatic rings. The molecular formula is C19H21F3N2O3. The summed E-state index contributed by atoms with van der Waals surface area (Å²) < 4.78 is 44.1. The highest BCUT2D eigenvalue weighted by molar-refractivity contribution is 6.31. The van der Waals surface area contributed by atoms with Crippen LogP contribution in [0.3, 0.4) is 0 Å². The fraction of sp³-hybridized carbons (Fsp3) is 0.526. The zero-order valence-corrected chi connectivity index (χ0v) is 14.7. The molecular weight excluding hydrogens is 361 g/mol. The third-order valence-corrected chi connectivity index (χ3v) is 4.83. The maximum absolute atomic E-state index is 12.7. The predicted octanol–water partition coefficient (Wildman–Crippen LogP) is 3.93. The molecule has 3 rings (SSSR count). The Hall–Kier alpha value is -2.22. The number of hydrogen-bond acceptors (Lipinski definition) is 4. The summed E-state index contributed by atoms with van der Waals surface area (Å²) in [5.41, 5.74) is 0.703. The summed E-state index contributed by atoms with van der Waals surface area (Å²) in [7, 11) is 0. The van der Waals surface area contributed by atoms with Crippen LogP contribution in [0.4, 0.5) is 13.2 Å². The molecule has 2 aliphatic heterocycles. The van der Waals surface area contributed by atoms with Crippen molar-refractivity contribution in [2.24, 2.45) is 15.9 Å². The predicted molar refractivity (Wildman–Crippen MR) is 94.3 cm³/mol. The van der Waals surface area contributed by atoms with E-state index in [1.807, 2.05) is 0 Å². The van der Waals surface area contributed by atoms with Gasteiger partial charge >= 0.3 is 12.1 Å². The van der Waals surface area contributed by atoms with Crippen molar-refractivity contribution in [2.75, 3.05) is 13.1 Å². The number of alkyl halides is 3. The highest BCUT2D eigenvalue weighted by atomic mass is 19.4. The quantitative estimate of drug-likeness (QED) is 0.858. The number of halogens is 3. The van der Waals surface area contributed by atoms with Gasteiger partial charge in [-0.1, -0.05) is 12.1 Å². The Morgan fingerprint density at radius 1 is 1.26 bits per heavy atom. The Morgan fingerprint density at radius 3 is 2.67 bits per heavy atom. The lowest BCUT2D eigenvalue weighted by molar-refractivity contribution is -0.141. The van der Waals surface area contributed by atoms with Crippen LogP contribution in [0, 0.1) is 5.92 Å². The van der Waals surface area contributed by atoms with Gasteiger partial charge in [0.1, 0.15) is 0 Å². The van der Waals surface area contributed by atoms with Crippen LogP contribution in [0.25, 0.3) is 0 Å². The topological polar surface area (TPSA) is 71.2 Å². The van der Waals surface area contributed by atoms with Crippen molar-refractivity contribution in [1.29, 1.82) is 0 Å². The molecule has 0 bridgehead atoms. The molecule has 2 heterocycles. The van der Waals surface area contributed by atoms with E-state index in [4.69, 9.17) is 9.84 Å². The number of rotatable bonds is 4. The standard InChI is InChI=1S/C19H21F3N2O3/c20-19(21,22)14-6-4-12(5-7-14)17-3-1-2-16(27-17)11-24-15-8-13(18(25)26)9-23-10-15/h4-7,10,13,16-17H,1-3,8-9,11H2,(H,25,26). The molecule has 0 amide bonds. The van der Waals surface area contributed by atoms with E-state index in [9.17, 15) is 18.0 Å². The van der Waals surface area contributed by atoms with E-state index in [1.165, 1.54) is 12.1 Å². The second-order valence-corrected chi connectivity index (χ2v) is 6.86. The Labute approximate surface area is 155 Å². The molecule has 0 aliphatic carbocycles. The summed E-state index contributed by atoms with van der Waals surface area (Å²) >= 11 is 0. The van der Waals surface area contributed by atoms with E-state index in [1.54, 1.807) is 6.21 Å². The van der Waals surface area contributed by atoms with Crippen molar-refractivity contribution < 1.29 is 27.8 Å². The minimum atomic E-state index is -4.35. The number of benzene rings is 1. The van der Waals surface area contributed by atoms with Crippen LogP contribution >= 0.6 is 0 Å². The number of ether oxygens (including phenoxy) is 1. The first-order valence-electron chi connectivity index (χ1n) is 8.91. The van der Waals surface area contributed by atoms with Gasteiger partial charge in [-0.05, 0) is 37.0 Å². The summed E-state index contributed by atoms with van der Waals surface area (Å²) in [5, 5.41) is 9.08. The lowest BCUT2D eigenvalue weighted by Gasteiger charge is -2.30. The van der Waals surface area contributed by atoms with Crippen molar-refractivity contribution in [3.05, 3.63) is 35.4 Å². The molecule has 1 fully saturated rings. The Bertz CT molecular complexity index is 729. The van der Waals surface area contributed by atoms with E-state index >= 15 is 0 Å². The van der Waals surface area contributed by atoms with Crippen LogP contribution < -0.4 is 0 Å². The number of aliphatic carboxylic acids is 1. The molecule has 0 radical (unpaired) electrons. The molecule has 0 spiro atoms. The second-order valence-electron chi connectivity index (χ2n) is 6.86. The van der Waals surface area contributed by atoms with E-state index in [0.29, 0.717) is 18.7 Å². The molecule has 146 valence electrons. The Balaban J connectivity index is 1.59. The summed E-state index contributed by atoms with van der Waals surface area (Å²) in [6, 6.07) is 5.08. The van der Waals surface area contributed by atoms with Gasteiger partial charge in [-0.15, -0.1) is 0 Å². The van der Waals surface area contributed by atoms with Gasteiger partial charge in [-0.3, -0.25) is 14.8 Å². The first-order chi connectivity index (χ1) is 12.8. The van der Waals surface area contributed by atoms with Crippen LogP contribution in [-0.4, -0.2) is 42.2 Å². The highest BCUT2D eigenvalue weighted by Gasteiger charge is 2.31. The summed E-state index contributed by atoms with van der Waals surface area (Å²) in [5.74, 6) is -1.42. The number of carbonyl (C=O) groups is 1. The average Bonchev–Trinajstić information content (AvgIpc) is 2.66. The smallest absolute Gasteiger partial charge is 0.416 e. The summed E-state index contributed by atoms with van der Waals surface area (Å²) in [4.78, 5) is 19.6. The molecule has 5 nitrogen and oxygen atoms in total. The van der Waals surface area contributed by atoms with E-state index in [2.05, 4.69) is 9.98 Å². The van der Waals surface area contributed by atoms with Crippen LogP contribution in [-0.2, 0) is 15.7 Å². The lowest BCUT2D eigenvalue weighted by Crippen LogP contribution is -2.28. The molecule has 0 aromatic heterocycles. The monoisotopic (exact) mass is 382 g/mol. The third-order valence-electron chi connectivity index (χ3n) is 4.83. The number of carboxylic acid groups (broad SMARTS) is 1. The van der Waals surface area contributed by atoms with E-state index in [0.717, 1.165) is 37.0 Å². The van der Waals surface area contributed by atoms with Crippen LogP contribution in [0.15, 0.2) is 34.3 Å². The van der Waals surface area contributed by atoms with Gasteiger partial charge in [0.05, 0.1) is 42.5 Å². The molecule has 1 N–H and O–H groups in total. The fourth-order valence-corrected chi connectivity index (χ4v) is 3.31. The SMILES string of the molecule is O=C(O)C1CN=CC(=NCC2CCCC(c3ccc(C(F)(F)F)cc3)O2)C1. The third kappa shape index (κ3) is 5.15. The van der Waals surface area contributed by atoms with Gasteiger partial charge in [-0.25, -0.2) is 0 Å². The van der Waals surface area contributed by atoms with Crippen molar-refractivity contribution in [1.82, 2.24) is 0 Å². The van der Waals surface area contributed by atoms with Gasteiger partial charge in [0.15, 0.2) is 0 Å².